The van der Waals surface area contributed by atoms with Gasteiger partial charge in [0.15, 0.2) is 0 Å². The molecular formula is C24H26FN. The Labute approximate surface area is 156 Å². The second-order valence-electron chi connectivity index (χ2n) is 7.23. The maximum Gasteiger partial charge on any atom is 0.108 e. The van der Waals surface area contributed by atoms with Crippen molar-refractivity contribution < 1.29 is 4.39 Å². The van der Waals surface area contributed by atoms with Crippen LogP contribution in [0.15, 0.2) is 60.7 Å². The maximum absolute atomic E-state index is 12.1. The van der Waals surface area contributed by atoms with Crippen molar-refractivity contribution >= 4 is 0 Å². The Morgan fingerprint density at radius 2 is 1.50 bits per heavy atom. The van der Waals surface area contributed by atoms with E-state index in [1.54, 1.807) is 6.08 Å². The van der Waals surface area contributed by atoms with E-state index in [1.807, 2.05) is 30.3 Å². The van der Waals surface area contributed by atoms with Crippen LogP contribution in [0.1, 0.15) is 55.6 Å². The summed E-state index contributed by atoms with van der Waals surface area (Å²) in [6.07, 6.45) is 10.9. The predicted octanol–water partition coefficient (Wildman–Crippen LogP) is 6.80. The van der Waals surface area contributed by atoms with E-state index >= 15 is 0 Å². The lowest BCUT2D eigenvalue weighted by Crippen LogP contribution is -2.13. The van der Waals surface area contributed by atoms with E-state index in [0.717, 1.165) is 17.9 Å². The molecule has 0 aromatic heterocycles. The van der Waals surface area contributed by atoms with E-state index in [4.69, 9.17) is 5.26 Å². The highest BCUT2D eigenvalue weighted by Gasteiger charge is 2.21. The molecule has 0 unspecified atom stereocenters. The molecule has 1 aliphatic rings. The molecule has 3 rings (SSSR count). The molecule has 0 bridgehead atoms. The van der Waals surface area contributed by atoms with Crippen LogP contribution in [0, 0.1) is 17.2 Å². The molecule has 134 valence electrons. The molecule has 0 saturated heterocycles. The standard InChI is InChI=1S/C24H26FN/c25-17-3-1-2-4-19-5-9-21(10-6-19)23-13-15-24(16-14-23)22-11-7-20(18-26)8-12-22/h1,3,7-8,11-16,19,21H,2,4-6,9-10,17H2/b3-1+/t19-,21-. The fourth-order valence-electron chi connectivity index (χ4n) is 3.98. The molecular weight excluding hydrogens is 321 g/mol. The van der Waals surface area contributed by atoms with Crippen molar-refractivity contribution in [1.82, 2.24) is 0 Å². The van der Waals surface area contributed by atoms with E-state index < -0.39 is 0 Å². The first-order valence-corrected chi connectivity index (χ1v) is 9.61. The van der Waals surface area contributed by atoms with Crippen LogP contribution in [0.5, 0.6) is 0 Å². The molecule has 0 aliphatic heterocycles. The van der Waals surface area contributed by atoms with Gasteiger partial charge in [0.05, 0.1) is 11.6 Å². The van der Waals surface area contributed by atoms with Gasteiger partial charge in [0, 0.05) is 0 Å². The summed E-state index contributed by atoms with van der Waals surface area (Å²) in [7, 11) is 0. The highest BCUT2D eigenvalue weighted by molar-refractivity contribution is 5.64. The lowest BCUT2D eigenvalue weighted by Gasteiger charge is -2.28. The summed E-state index contributed by atoms with van der Waals surface area (Å²) in [5.41, 5.74) is 4.49. The van der Waals surface area contributed by atoms with Gasteiger partial charge in [-0.2, -0.15) is 5.26 Å². The SMILES string of the molecule is N#Cc1ccc(-c2ccc([C@H]3CC[C@H](CC/C=C/CF)CC3)cc2)cc1. The Bertz CT molecular complexity index is 744. The first-order valence-electron chi connectivity index (χ1n) is 9.61. The van der Waals surface area contributed by atoms with Gasteiger partial charge >= 0.3 is 0 Å². The number of halogens is 1. The Balaban J connectivity index is 1.54. The first kappa shape index (κ1) is 18.4. The minimum atomic E-state index is -0.342. The second kappa shape index (κ2) is 9.34. The zero-order chi connectivity index (χ0) is 18.2. The minimum absolute atomic E-state index is 0.342. The Kier molecular flexibility index (Phi) is 6.61. The molecule has 0 amide bonds. The summed E-state index contributed by atoms with van der Waals surface area (Å²) >= 11 is 0. The molecule has 0 spiro atoms. The number of hydrogen-bond donors (Lipinski definition) is 0. The number of alkyl halides is 1. The third-order valence-corrected chi connectivity index (χ3v) is 5.57. The van der Waals surface area contributed by atoms with Gasteiger partial charge in [0.1, 0.15) is 6.67 Å². The quantitative estimate of drug-likeness (QED) is 0.527. The van der Waals surface area contributed by atoms with E-state index in [9.17, 15) is 4.39 Å². The van der Waals surface area contributed by atoms with Crippen LogP contribution >= 0.6 is 0 Å². The van der Waals surface area contributed by atoms with Crippen LogP contribution in [-0.4, -0.2) is 6.67 Å². The summed E-state index contributed by atoms with van der Waals surface area (Å²) in [4.78, 5) is 0. The molecule has 1 fully saturated rings. The summed E-state index contributed by atoms with van der Waals surface area (Å²) in [5, 5.41) is 8.90. The molecule has 0 heterocycles. The smallest absolute Gasteiger partial charge is 0.108 e. The van der Waals surface area contributed by atoms with Crippen molar-refractivity contribution in [3.63, 3.8) is 0 Å². The number of rotatable bonds is 6. The van der Waals surface area contributed by atoms with E-state index in [2.05, 4.69) is 30.3 Å². The zero-order valence-corrected chi connectivity index (χ0v) is 15.2. The van der Waals surface area contributed by atoms with Crippen LogP contribution in [-0.2, 0) is 0 Å². The molecule has 1 nitrogen and oxygen atoms in total. The minimum Gasteiger partial charge on any atom is -0.247 e. The highest BCUT2D eigenvalue weighted by atomic mass is 19.1. The summed E-state index contributed by atoms with van der Waals surface area (Å²) in [5.74, 6) is 1.47. The van der Waals surface area contributed by atoms with Crippen LogP contribution in [0.25, 0.3) is 11.1 Å². The Hall–Kier alpha value is -2.40. The molecule has 0 N–H and O–H groups in total. The lowest BCUT2D eigenvalue weighted by atomic mass is 9.77. The van der Waals surface area contributed by atoms with Gasteiger partial charge in [-0.3, -0.25) is 0 Å². The summed E-state index contributed by atoms with van der Waals surface area (Å²) < 4.78 is 12.1. The van der Waals surface area contributed by atoms with Crippen molar-refractivity contribution in [1.29, 1.82) is 5.26 Å². The van der Waals surface area contributed by atoms with Crippen LogP contribution < -0.4 is 0 Å². The monoisotopic (exact) mass is 347 g/mol. The fourth-order valence-corrected chi connectivity index (χ4v) is 3.98. The second-order valence-corrected chi connectivity index (χ2v) is 7.23. The number of benzene rings is 2. The number of hydrogen-bond acceptors (Lipinski definition) is 1. The average Bonchev–Trinajstić information content (AvgIpc) is 2.72. The van der Waals surface area contributed by atoms with E-state index in [0.29, 0.717) is 11.5 Å². The average molecular weight is 347 g/mol. The molecule has 2 heteroatoms. The number of allylic oxidation sites excluding steroid dienone is 2. The molecule has 2 aromatic rings. The topological polar surface area (TPSA) is 23.8 Å². The molecule has 26 heavy (non-hydrogen) atoms. The zero-order valence-electron chi connectivity index (χ0n) is 15.2. The summed E-state index contributed by atoms with van der Waals surface area (Å²) in [6, 6.07) is 18.8. The largest absolute Gasteiger partial charge is 0.247 e. The van der Waals surface area contributed by atoms with E-state index in [-0.39, 0.29) is 6.67 Å². The lowest BCUT2D eigenvalue weighted by molar-refractivity contribution is 0.312. The van der Waals surface area contributed by atoms with Crippen molar-refractivity contribution in [2.75, 3.05) is 6.67 Å². The van der Waals surface area contributed by atoms with Crippen molar-refractivity contribution in [2.24, 2.45) is 5.92 Å². The van der Waals surface area contributed by atoms with Gasteiger partial charge in [-0.15, -0.1) is 0 Å². The number of nitriles is 1. The van der Waals surface area contributed by atoms with Crippen molar-refractivity contribution in [3.05, 3.63) is 71.8 Å². The van der Waals surface area contributed by atoms with Gasteiger partial charge in [-0.05, 0) is 79.2 Å². The van der Waals surface area contributed by atoms with Crippen LogP contribution in [0.2, 0.25) is 0 Å². The van der Waals surface area contributed by atoms with Gasteiger partial charge in [0.25, 0.3) is 0 Å². The third-order valence-electron chi connectivity index (χ3n) is 5.57. The Morgan fingerprint density at radius 3 is 2.08 bits per heavy atom. The molecule has 0 radical (unpaired) electrons. The molecule has 0 atom stereocenters. The van der Waals surface area contributed by atoms with Crippen LogP contribution in [0.4, 0.5) is 4.39 Å². The first-order chi connectivity index (χ1) is 12.8. The highest BCUT2D eigenvalue weighted by Crippen LogP contribution is 2.38. The Morgan fingerprint density at radius 1 is 0.885 bits per heavy atom. The van der Waals surface area contributed by atoms with Crippen LogP contribution in [0.3, 0.4) is 0 Å². The van der Waals surface area contributed by atoms with Crippen molar-refractivity contribution in [2.45, 2.75) is 44.4 Å². The predicted molar refractivity (Wildman–Crippen MR) is 106 cm³/mol. The fraction of sp³-hybridized carbons (Fsp3) is 0.375. The molecule has 1 aliphatic carbocycles. The van der Waals surface area contributed by atoms with Gasteiger partial charge in [0.2, 0.25) is 0 Å². The number of nitrogens with zero attached hydrogens (tertiary/aromatic N) is 1. The summed E-state index contributed by atoms with van der Waals surface area (Å²) in [6.45, 7) is -0.342. The van der Waals surface area contributed by atoms with Gasteiger partial charge in [-0.25, -0.2) is 4.39 Å². The van der Waals surface area contributed by atoms with Crippen molar-refractivity contribution in [3.8, 4) is 17.2 Å². The van der Waals surface area contributed by atoms with Gasteiger partial charge in [-0.1, -0.05) is 48.6 Å². The maximum atomic E-state index is 12.1. The van der Waals surface area contributed by atoms with Gasteiger partial charge < -0.3 is 0 Å². The normalized spacial score (nSPS) is 20.2. The molecule has 2 aromatic carbocycles. The molecule has 1 saturated carbocycles. The van der Waals surface area contributed by atoms with E-state index in [1.165, 1.54) is 43.2 Å². The third kappa shape index (κ3) is 4.82.